The summed E-state index contributed by atoms with van der Waals surface area (Å²) in [6, 6.07) is 18.6. The van der Waals surface area contributed by atoms with E-state index in [0.29, 0.717) is 0 Å². The standard InChI is InChI=1S/C15H14O2.C6H8O6/c1-15(14(16)17,12-8-4-2-5-9-12)13-10-6-3-7-11-13;7-1-2(8)5-3(9)4(10)6(11)12-5/h2-11H,1H3,(H,16,17);2,5,7-10H,1H2/t;2-,5+/m.0/s1. The number of hydrogen-bond donors (Lipinski definition) is 5. The van der Waals surface area contributed by atoms with Gasteiger partial charge in [0.15, 0.2) is 11.9 Å². The Hall–Kier alpha value is -3.36. The highest BCUT2D eigenvalue weighted by Gasteiger charge is 2.39. The van der Waals surface area contributed by atoms with Crippen molar-refractivity contribution in [2.45, 2.75) is 24.5 Å². The summed E-state index contributed by atoms with van der Waals surface area (Å²) in [6.07, 6.45) is -2.78. The van der Waals surface area contributed by atoms with Crippen molar-refractivity contribution < 1.29 is 39.9 Å². The number of ether oxygens (including phenoxy) is 1. The largest absolute Gasteiger partial charge is 0.505 e. The number of cyclic esters (lactones) is 1. The molecule has 2 aromatic carbocycles. The van der Waals surface area contributed by atoms with Gasteiger partial charge in [0.2, 0.25) is 5.76 Å². The molecule has 0 spiro atoms. The molecule has 5 N–H and O–H groups in total. The lowest BCUT2D eigenvalue weighted by Gasteiger charge is -2.25. The van der Waals surface area contributed by atoms with Crippen LogP contribution in [0.25, 0.3) is 0 Å². The molecule has 0 aliphatic carbocycles. The lowest BCUT2D eigenvalue weighted by molar-refractivity contribution is -0.147. The zero-order chi connectivity index (χ0) is 21.6. The van der Waals surface area contributed by atoms with Crippen molar-refractivity contribution in [3.8, 4) is 0 Å². The molecular weight excluding hydrogens is 380 g/mol. The number of benzene rings is 2. The second-order valence-electron chi connectivity index (χ2n) is 6.47. The van der Waals surface area contributed by atoms with Gasteiger partial charge in [-0.25, -0.2) is 4.79 Å². The Bertz CT molecular complexity index is 837. The first kappa shape index (κ1) is 21.9. The second kappa shape index (κ2) is 9.22. The van der Waals surface area contributed by atoms with E-state index in [9.17, 15) is 14.7 Å². The van der Waals surface area contributed by atoms with Crippen LogP contribution in [-0.2, 0) is 19.7 Å². The summed E-state index contributed by atoms with van der Waals surface area (Å²) in [4.78, 5) is 22.2. The minimum atomic E-state index is -1.42. The number of carbonyl (C=O) groups excluding carboxylic acids is 1. The Kier molecular flexibility index (Phi) is 6.98. The van der Waals surface area contributed by atoms with Gasteiger partial charge in [0.1, 0.15) is 11.5 Å². The molecule has 0 saturated carbocycles. The number of carboxylic acid groups (broad SMARTS) is 1. The quantitative estimate of drug-likeness (QED) is 0.475. The molecule has 8 nitrogen and oxygen atoms in total. The van der Waals surface area contributed by atoms with Crippen LogP contribution in [0.1, 0.15) is 18.1 Å². The Morgan fingerprint density at radius 2 is 1.48 bits per heavy atom. The molecule has 0 bridgehead atoms. The number of aliphatic hydroxyl groups excluding tert-OH is 4. The van der Waals surface area contributed by atoms with Crippen molar-refractivity contribution in [3.05, 3.63) is 83.3 Å². The van der Waals surface area contributed by atoms with Crippen molar-refractivity contribution >= 4 is 11.9 Å². The van der Waals surface area contributed by atoms with E-state index in [1.165, 1.54) is 0 Å². The fourth-order valence-electron chi connectivity index (χ4n) is 2.78. The molecular formula is C21H22O8. The van der Waals surface area contributed by atoms with Gasteiger partial charge in [0.25, 0.3) is 0 Å². The van der Waals surface area contributed by atoms with E-state index in [-0.39, 0.29) is 0 Å². The summed E-state index contributed by atoms with van der Waals surface area (Å²) < 4.78 is 4.32. The van der Waals surface area contributed by atoms with Gasteiger partial charge in [-0.05, 0) is 18.1 Å². The van der Waals surface area contributed by atoms with E-state index in [4.69, 9.17) is 20.4 Å². The average molecular weight is 402 g/mol. The molecule has 0 fully saturated rings. The van der Waals surface area contributed by atoms with Crippen LogP contribution in [0.15, 0.2) is 72.2 Å². The predicted molar refractivity (Wildman–Crippen MR) is 102 cm³/mol. The zero-order valence-corrected chi connectivity index (χ0v) is 15.6. The van der Waals surface area contributed by atoms with Gasteiger partial charge in [-0.15, -0.1) is 0 Å². The van der Waals surface area contributed by atoms with Crippen LogP contribution >= 0.6 is 0 Å². The van der Waals surface area contributed by atoms with E-state index >= 15 is 0 Å². The van der Waals surface area contributed by atoms with Crippen LogP contribution in [0.3, 0.4) is 0 Å². The average Bonchev–Trinajstić information content (AvgIpc) is 3.01. The minimum Gasteiger partial charge on any atom is -0.505 e. The Labute approximate surface area is 166 Å². The molecule has 0 amide bonds. The van der Waals surface area contributed by atoms with Gasteiger partial charge >= 0.3 is 11.9 Å². The molecule has 1 aliphatic heterocycles. The van der Waals surface area contributed by atoms with E-state index in [2.05, 4.69) is 4.74 Å². The highest BCUT2D eigenvalue weighted by atomic mass is 16.6. The number of esters is 1. The van der Waals surface area contributed by atoms with Gasteiger partial charge < -0.3 is 30.3 Å². The first-order chi connectivity index (χ1) is 13.7. The van der Waals surface area contributed by atoms with Crippen molar-refractivity contribution in [1.29, 1.82) is 0 Å². The van der Waals surface area contributed by atoms with E-state index in [1.54, 1.807) is 6.92 Å². The van der Waals surface area contributed by atoms with Crippen molar-refractivity contribution in [1.82, 2.24) is 0 Å². The molecule has 0 unspecified atom stereocenters. The number of hydrogen-bond acceptors (Lipinski definition) is 7. The van der Waals surface area contributed by atoms with Gasteiger partial charge in [-0.1, -0.05) is 60.7 Å². The Balaban J connectivity index is 0.000000221. The minimum absolute atomic E-state index is 0.671. The molecule has 1 aliphatic rings. The topological polar surface area (TPSA) is 145 Å². The highest BCUT2D eigenvalue weighted by molar-refractivity contribution is 5.89. The normalized spacial score (nSPS) is 17.2. The lowest BCUT2D eigenvalue weighted by Crippen LogP contribution is -2.33. The summed E-state index contributed by atoms with van der Waals surface area (Å²) in [5, 5.41) is 44.6. The molecule has 0 saturated heterocycles. The second-order valence-corrected chi connectivity index (χ2v) is 6.47. The number of carboxylic acids is 1. The number of aliphatic carboxylic acids is 1. The SMILES string of the molecule is CC(C(=O)O)(c1ccccc1)c1ccccc1.O=C1O[C@H]([C@@H](O)CO)C(O)=C1O. The van der Waals surface area contributed by atoms with E-state index in [0.717, 1.165) is 11.1 Å². The Morgan fingerprint density at radius 3 is 1.79 bits per heavy atom. The summed E-state index contributed by atoms with van der Waals surface area (Å²) in [7, 11) is 0. The van der Waals surface area contributed by atoms with Gasteiger partial charge in [-0.2, -0.15) is 0 Å². The first-order valence-corrected chi connectivity index (χ1v) is 8.69. The molecule has 0 aromatic heterocycles. The van der Waals surface area contributed by atoms with Crippen LogP contribution in [0.5, 0.6) is 0 Å². The summed E-state index contributed by atoms with van der Waals surface area (Å²) in [5.74, 6) is -3.62. The van der Waals surface area contributed by atoms with E-state index in [1.807, 2.05) is 60.7 Å². The van der Waals surface area contributed by atoms with Crippen LogP contribution in [-0.4, -0.2) is 56.3 Å². The third kappa shape index (κ3) is 4.56. The smallest absolute Gasteiger partial charge is 0.377 e. The highest BCUT2D eigenvalue weighted by Crippen LogP contribution is 2.31. The van der Waals surface area contributed by atoms with Crippen LogP contribution < -0.4 is 0 Å². The van der Waals surface area contributed by atoms with Gasteiger partial charge in [0, 0.05) is 0 Å². The number of aliphatic hydroxyl groups is 4. The summed E-state index contributed by atoms with van der Waals surface area (Å²) >= 11 is 0. The molecule has 8 heteroatoms. The van der Waals surface area contributed by atoms with Crippen molar-refractivity contribution in [2.24, 2.45) is 0 Å². The Morgan fingerprint density at radius 1 is 1.03 bits per heavy atom. The zero-order valence-electron chi connectivity index (χ0n) is 15.6. The fourth-order valence-corrected chi connectivity index (χ4v) is 2.78. The predicted octanol–water partition coefficient (Wildman–Crippen LogP) is 1.67. The molecule has 154 valence electrons. The maximum absolute atomic E-state index is 11.6. The maximum Gasteiger partial charge on any atom is 0.377 e. The van der Waals surface area contributed by atoms with Crippen molar-refractivity contribution in [2.75, 3.05) is 6.61 Å². The molecule has 1 heterocycles. The summed E-state index contributed by atoms with van der Waals surface area (Å²) in [5.41, 5.74) is 0.583. The molecule has 2 aromatic rings. The lowest BCUT2D eigenvalue weighted by atomic mass is 9.76. The number of carbonyl (C=O) groups is 2. The molecule has 2 atom stereocenters. The molecule has 0 radical (unpaired) electrons. The first-order valence-electron chi connectivity index (χ1n) is 8.69. The third-order valence-corrected chi connectivity index (χ3v) is 4.61. The van der Waals surface area contributed by atoms with Crippen LogP contribution in [0.4, 0.5) is 0 Å². The van der Waals surface area contributed by atoms with Gasteiger partial charge in [0.05, 0.1) is 6.61 Å². The number of rotatable bonds is 5. The van der Waals surface area contributed by atoms with Gasteiger partial charge in [-0.3, -0.25) is 4.79 Å². The summed E-state index contributed by atoms with van der Waals surface area (Å²) in [6.45, 7) is 1.06. The van der Waals surface area contributed by atoms with Crippen molar-refractivity contribution in [3.63, 3.8) is 0 Å². The third-order valence-electron chi connectivity index (χ3n) is 4.61. The molecule has 3 rings (SSSR count). The van der Waals surface area contributed by atoms with Crippen LogP contribution in [0, 0.1) is 0 Å². The fraction of sp³-hybridized carbons (Fsp3) is 0.238. The maximum atomic E-state index is 11.6. The monoisotopic (exact) mass is 402 g/mol. The van der Waals surface area contributed by atoms with Crippen LogP contribution in [0.2, 0.25) is 0 Å². The van der Waals surface area contributed by atoms with E-state index < -0.39 is 47.7 Å². The molecule has 29 heavy (non-hydrogen) atoms.